The van der Waals surface area contributed by atoms with Crippen molar-refractivity contribution in [2.75, 3.05) is 0 Å². The first-order chi connectivity index (χ1) is 12.2. The Morgan fingerprint density at radius 1 is 0.720 bits per heavy atom. The molecular weight excluding hydrogens is 308 g/mol. The Hall–Kier alpha value is -2.22. The van der Waals surface area contributed by atoms with Crippen molar-refractivity contribution in [2.24, 2.45) is 0 Å². The number of Topliss-reactive ketones (excluding diaryl/α,β-unsaturated/α-hetero) is 2. The second kappa shape index (κ2) is 7.35. The molecule has 0 bridgehead atoms. The van der Waals surface area contributed by atoms with Crippen molar-refractivity contribution in [2.45, 2.75) is 57.8 Å². The van der Waals surface area contributed by atoms with Crippen molar-refractivity contribution >= 4 is 11.6 Å². The molecule has 1 aliphatic carbocycles. The molecular formula is C23H26O2. The molecule has 3 rings (SSSR count). The lowest BCUT2D eigenvalue weighted by atomic mass is 9.69. The Morgan fingerprint density at radius 3 is 1.52 bits per heavy atom. The summed E-state index contributed by atoms with van der Waals surface area (Å²) in [5, 5.41) is 0. The zero-order valence-corrected chi connectivity index (χ0v) is 15.2. The summed E-state index contributed by atoms with van der Waals surface area (Å²) in [5.74, 6) is 0.126. The first-order valence-corrected chi connectivity index (χ1v) is 9.43. The van der Waals surface area contributed by atoms with Gasteiger partial charge in [0.05, 0.1) is 0 Å². The summed E-state index contributed by atoms with van der Waals surface area (Å²) in [6, 6.07) is 15.9. The molecule has 1 aliphatic rings. The molecule has 25 heavy (non-hydrogen) atoms. The lowest BCUT2D eigenvalue weighted by molar-refractivity contribution is -0.133. The molecule has 130 valence electrons. The molecule has 0 spiro atoms. The van der Waals surface area contributed by atoms with Crippen LogP contribution in [-0.4, -0.2) is 11.6 Å². The Balaban J connectivity index is 2.23. The van der Waals surface area contributed by atoms with Gasteiger partial charge in [0.1, 0.15) is 5.41 Å². The van der Waals surface area contributed by atoms with Gasteiger partial charge in [-0.25, -0.2) is 0 Å². The van der Waals surface area contributed by atoms with Crippen LogP contribution in [0.2, 0.25) is 0 Å². The zero-order chi connectivity index (χ0) is 17.9. The summed E-state index contributed by atoms with van der Waals surface area (Å²) < 4.78 is 0. The van der Waals surface area contributed by atoms with Crippen LogP contribution < -0.4 is 0 Å². The van der Waals surface area contributed by atoms with Gasteiger partial charge in [0.15, 0.2) is 11.6 Å². The Bertz CT molecular complexity index is 721. The number of unbranched alkanes of at least 4 members (excludes halogenated alkanes) is 2. The maximum atomic E-state index is 13.4. The minimum Gasteiger partial charge on any atom is -0.298 e. The van der Waals surface area contributed by atoms with Gasteiger partial charge in [-0.3, -0.25) is 9.59 Å². The van der Waals surface area contributed by atoms with Gasteiger partial charge < -0.3 is 0 Å². The van der Waals surface area contributed by atoms with Crippen LogP contribution in [0, 0.1) is 0 Å². The lowest BCUT2D eigenvalue weighted by Gasteiger charge is -2.29. The molecule has 2 aromatic carbocycles. The van der Waals surface area contributed by atoms with Crippen LogP contribution in [-0.2, 0) is 15.0 Å². The third-order valence-corrected chi connectivity index (χ3v) is 5.30. The fourth-order valence-corrected chi connectivity index (χ4v) is 4.04. The monoisotopic (exact) mass is 334 g/mol. The van der Waals surface area contributed by atoms with Crippen molar-refractivity contribution in [3.63, 3.8) is 0 Å². The fourth-order valence-electron chi connectivity index (χ4n) is 4.04. The molecule has 0 atom stereocenters. The number of ketones is 2. The van der Waals surface area contributed by atoms with Crippen molar-refractivity contribution in [3.05, 3.63) is 59.7 Å². The molecule has 0 heterocycles. The Morgan fingerprint density at radius 2 is 1.12 bits per heavy atom. The summed E-state index contributed by atoms with van der Waals surface area (Å²) in [7, 11) is 0. The number of benzene rings is 2. The molecule has 2 aromatic rings. The van der Waals surface area contributed by atoms with Gasteiger partial charge in [-0.05, 0) is 35.1 Å². The third-order valence-electron chi connectivity index (χ3n) is 5.30. The van der Waals surface area contributed by atoms with Gasteiger partial charge in [0.25, 0.3) is 0 Å². The minimum atomic E-state index is -1.10. The van der Waals surface area contributed by atoms with E-state index in [1.807, 2.05) is 48.5 Å². The number of carbonyl (C=O) groups is 2. The van der Waals surface area contributed by atoms with Gasteiger partial charge in [-0.15, -0.1) is 0 Å². The van der Waals surface area contributed by atoms with E-state index < -0.39 is 5.41 Å². The van der Waals surface area contributed by atoms with E-state index in [9.17, 15) is 9.59 Å². The summed E-state index contributed by atoms with van der Waals surface area (Å²) in [6.45, 7) is 4.16. The highest BCUT2D eigenvalue weighted by Crippen LogP contribution is 2.51. The molecule has 0 amide bonds. The minimum absolute atomic E-state index is 0.0628. The molecule has 0 N–H and O–H groups in total. The largest absolute Gasteiger partial charge is 0.298 e. The average molecular weight is 334 g/mol. The van der Waals surface area contributed by atoms with Crippen LogP contribution >= 0.6 is 0 Å². The molecule has 0 unspecified atom stereocenters. The number of hydrogen-bond donors (Lipinski definition) is 0. The Kier molecular flexibility index (Phi) is 5.17. The van der Waals surface area contributed by atoms with Crippen LogP contribution in [0.1, 0.15) is 63.5 Å². The molecule has 0 aliphatic heterocycles. The van der Waals surface area contributed by atoms with E-state index in [2.05, 4.69) is 13.8 Å². The van der Waals surface area contributed by atoms with Gasteiger partial charge in [0, 0.05) is 12.8 Å². The van der Waals surface area contributed by atoms with Crippen LogP contribution in [0.25, 0.3) is 11.1 Å². The van der Waals surface area contributed by atoms with E-state index in [0.29, 0.717) is 12.8 Å². The molecule has 0 aromatic heterocycles. The second-order valence-electron chi connectivity index (χ2n) is 6.89. The normalized spacial score (nSPS) is 14.0. The van der Waals surface area contributed by atoms with Crippen molar-refractivity contribution < 1.29 is 9.59 Å². The standard InChI is InChI=1S/C23H26O2/c1-3-5-15-21(24)23(22(25)16-6-4-2)19-13-9-7-11-17(19)18-12-8-10-14-20(18)23/h7-14H,3-6,15-16H2,1-2H3. The summed E-state index contributed by atoms with van der Waals surface area (Å²) >= 11 is 0. The van der Waals surface area contributed by atoms with Crippen LogP contribution in [0.5, 0.6) is 0 Å². The van der Waals surface area contributed by atoms with Crippen molar-refractivity contribution in [3.8, 4) is 11.1 Å². The Labute approximate surface area is 150 Å². The van der Waals surface area contributed by atoms with Crippen molar-refractivity contribution in [1.82, 2.24) is 0 Å². The maximum absolute atomic E-state index is 13.4. The summed E-state index contributed by atoms with van der Waals surface area (Å²) in [4.78, 5) is 26.9. The van der Waals surface area contributed by atoms with E-state index in [1.165, 1.54) is 0 Å². The second-order valence-corrected chi connectivity index (χ2v) is 6.89. The predicted octanol–water partition coefficient (Wildman–Crippen LogP) is 5.47. The highest BCUT2D eigenvalue weighted by molar-refractivity contribution is 6.20. The molecule has 0 saturated heterocycles. The molecule has 2 nitrogen and oxygen atoms in total. The van der Waals surface area contributed by atoms with E-state index in [1.54, 1.807) is 0 Å². The predicted molar refractivity (Wildman–Crippen MR) is 102 cm³/mol. The van der Waals surface area contributed by atoms with E-state index in [0.717, 1.165) is 47.9 Å². The van der Waals surface area contributed by atoms with E-state index in [-0.39, 0.29) is 11.6 Å². The number of hydrogen-bond acceptors (Lipinski definition) is 2. The van der Waals surface area contributed by atoms with Crippen LogP contribution in [0.15, 0.2) is 48.5 Å². The topological polar surface area (TPSA) is 34.1 Å². The van der Waals surface area contributed by atoms with Crippen molar-refractivity contribution in [1.29, 1.82) is 0 Å². The quantitative estimate of drug-likeness (QED) is 0.600. The van der Waals surface area contributed by atoms with Crippen LogP contribution in [0.3, 0.4) is 0 Å². The highest BCUT2D eigenvalue weighted by Gasteiger charge is 2.52. The first kappa shape index (κ1) is 17.6. The summed E-state index contributed by atoms with van der Waals surface area (Å²) in [5.41, 5.74) is 2.75. The highest BCUT2D eigenvalue weighted by atomic mass is 16.2. The SMILES string of the molecule is CCCCC(=O)C1(C(=O)CCCC)c2ccccc2-c2ccccc21. The fraction of sp³-hybridized carbons (Fsp3) is 0.391. The number of carbonyl (C=O) groups excluding carboxylic acids is 2. The van der Waals surface area contributed by atoms with Gasteiger partial charge in [-0.1, -0.05) is 75.2 Å². The smallest absolute Gasteiger partial charge is 0.155 e. The molecule has 0 saturated carbocycles. The first-order valence-electron chi connectivity index (χ1n) is 9.43. The molecule has 2 heteroatoms. The number of rotatable bonds is 8. The molecule has 0 radical (unpaired) electrons. The van der Waals surface area contributed by atoms with Gasteiger partial charge in [0.2, 0.25) is 0 Å². The van der Waals surface area contributed by atoms with Gasteiger partial charge >= 0.3 is 0 Å². The van der Waals surface area contributed by atoms with E-state index in [4.69, 9.17) is 0 Å². The third kappa shape index (κ3) is 2.74. The maximum Gasteiger partial charge on any atom is 0.155 e. The van der Waals surface area contributed by atoms with Crippen LogP contribution in [0.4, 0.5) is 0 Å². The average Bonchev–Trinajstić information content (AvgIpc) is 2.96. The lowest BCUT2D eigenvalue weighted by Crippen LogP contribution is -2.43. The zero-order valence-electron chi connectivity index (χ0n) is 15.2. The molecule has 0 fully saturated rings. The van der Waals surface area contributed by atoms with Gasteiger partial charge in [-0.2, -0.15) is 0 Å². The van der Waals surface area contributed by atoms with E-state index >= 15 is 0 Å². The summed E-state index contributed by atoms with van der Waals surface area (Å²) in [6.07, 6.45) is 4.47. The number of fused-ring (bicyclic) bond motifs is 3.